The topological polar surface area (TPSA) is 142 Å². The van der Waals surface area contributed by atoms with Gasteiger partial charge in [-0.15, -0.1) is 0 Å². The van der Waals surface area contributed by atoms with E-state index >= 15 is 0 Å². The third kappa shape index (κ3) is 3.13. The number of rotatable bonds is 5. The molecule has 0 aliphatic carbocycles. The lowest BCUT2D eigenvalue weighted by molar-refractivity contribution is -0.125. The number of furan rings is 1. The Labute approximate surface area is 205 Å². The first-order chi connectivity index (χ1) is 16.5. The highest BCUT2D eigenvalue weighted by molar-refractivity contribution is 14.1. The molecular formula is C22H15IN6O5. The number of aromatic nitrogens is 3. The number of carbonyl (C=O) groups is 3. The molecule has 1 saturated heterocycles. The maximum atomic E-state index is 13.1. The van der Waals surface area contributed by atoms with Gasteiger partial charge in [0.15, 0.2) is 34.1 Å². The molecular weight excluding hydrogens is 555 g/mol. The standard InChI is InChI=1S/C22H15IN6O5/c23-34-13-2-1-11-9-29(19(30)14(11)5-13)10-22(20(31)27-21(32)28-22)18-6-16-17(33-18)4-3-15(26-16)12-7-24-25-8-12/h1-8H,9-10H2,(H,24,25)(H2,27,28,31,32)/t22-/m0/s1. The van der Waals surface area contributed by atoms with Gasteiger partial charge in [0.05, 0.1) is 18.4 Å². The Balaban J connectivity index is 1.39. The Hall–Kier alpha value is -3.94. The quantitative estimate of drug-likeness (QED) is 0.247. The second kappa shape index (κ2) is 7.55. The van der Waals surface area contributed by atoms with Crippen LogP contribution < -0.4 is 13.7 Å². The molecule has 0 spiro atoms. The molecule has 5 heterocycles. The summed E-state index contributed by atoms with van der Waals surface area (Å²) in [5, 5.41) is 11.6. The summed E-state index contributed by atoms with van der Waals surface area (Å²) in [7, 11) is 0. The number of urea groups is 1. The van der Waals surface area contributed by atoms with Crippen LogP contribution in [0.3, 0.4) is 0 Å². The first-order valence-electron chi connectivity index (χ1n) is 10.2. The van der Waals surface area contributed by atoms with E-state index in [-0.39, 0.29) is 24.8 Å². The molecule has 1 fully saturated rings. The van der Waals surface area contributed by atoms with Crippen molar-refractivity contribution in [1.82, 2.24) is 30.7 Å². The normalized spacial score (nSPS) is 19.4. The number of amides is 4. The Kier molecular flexibility index (Phi) is 4.58. The Bertz CT molecular complexity index is 1480. The summed E-state index contributed by atoms with van der Waals surface area (Å²) in [4.78, 5) is 44.5. The van der Waals surface area contributed by atoms with E-state index in [1.807, 2.05) is 6.07 Å². The van der Waals surface area contributed by atoms with Gasteiger partial charge in [-0.1, -0.05) is 6.07 Å². The number of imide groups is 1. The average molecular weight is 570 g/mol. The molecule has 34 heavy (non-hydrogen) atoms. The molecule has 3 N–H and O–H groups in total. The molecule has 6 rings (SSSR count). The van der Waals surface area contributed by atoms with E-state index in [9.17, 15) is 14.4 Å². The molecule has 0 radical (unpaired) electrons. The van der Waals surface area contributed by atoms with Gasteiger partial charge < -0.3 is 17.7 Å². The van der Waals surface area contributed by atoms with Crippen LogP contribution in [0, 0.1) is 0 Å². The largest absolute Gasteiger partial charge is 0.456 e. The molecule has 170 valence electrons. The fourth-order valence-electron chi connectivity index (χ4n) is 4.34. The molecule has 1 atom stereocenters. The molecule has 3 aromatic heterocycles. The third-order valence-corrected chi connectivity index (χ3v) is 6.52. The van der Waals surface area contributed by atoms with Crippen LogP contribution in [0.2, 0.25) is 0 Å². The Morgan fingerprint density at radius 1 is 1.18 bits per heavy atom. The van der Waals surface area contributed by atoms with E-state index in [1.165, 1.54) is 4.90 Å². The van der Waals surface area contributed by atoms with Crippen LogP contribution in [0.1, 0.15) is 21.7 Å². The smallest absolute Gasteiger partial charge is 0.322 e. The van der Waals surface area contributed by atoms with E-state index < -0.39 is 17.5 Å². The number of aromatic amines is 1. The minimum atomic E-state index is -1.60. The van der Waals surface area contributed by atoms with E-state index in [0.29, 0.717) is 28.1 Å². The lowest BCUT2D eigenvalue weighted by Crippen LogP contribution is -2.52. The van der Waals surface area contributed by atoms with Crippen molar-refractivity contribution in [2.24, 2.45) is 0 Å². The highest BCUT2D eigenvalue weighted by Gasteiger charge is 2.53. The van der Waals surface area contributed by atoms with Gasteiger partial charge in [-0.25, -0.2) is 9.78 Å². The van der Waals surface area contributed by atoms with Crippen LogP contribution >= 0.6 is 23.0 Å². The van der Waals surface area contributed by atoms with Crippen molar-refractivity contribution in [2.75, 3.05) is 6.54 Å². The second-order valence-electron chi connectivity index (χ2n) is 8.05. The molecule has 0 bridgehead atoms. The van der Waals surface area contributed by atoms with Crippen LogP contribution in [0.25, 0.3) is 22.4 Å². The highest BCUT2D eigenvalue weighted by Crippen LogP contribution is 2.35. The lowest BCUT2D eigenvalue weighted by Gasteiger charge is -2.28. The van der Waals surface area contributed by atoms with Crippen LogP contribution in [-0.2, 0) is 16.9 Å². The number of hydrogen-bond acceptors (Lipinski definition) is 7. The zero-order valence-electron chi connectivity index (χ0n) is 17.3. The van der Waals surface area contributed by atoms with Crippen molar-refractivity contribution >= 4 is 52.0 Å². The van der Waals surface area contributed by atoms with E-state index in [1.54, 1.807) is 65.7 Å². The zero-order chi connectivity index (χ0) is 23.4. The van der Waals surface area contributed by atoms with E-state index in [2.05, 4.69) is 25.8 Å². The second-order valence-corrected chi connectivity index (χ2v) is 8.49. The summed E-state index contributed by atoms with van der Waals surface area (Å²) >= 11 is 1.75. The minimum absolute atomic E-state index is 0.118. The van der Waals surface area contributed by atoms with Crippen molar-refractivity contribution in [3.05, 3.63) is 65.7 Å². The van der Waals surface area contributed by atoms with Gasteiger partial charge in [-0.2, -0.15) is 5.10 Å². The van der Waals surface area contributed by atoms with Crippen molar-refractivity contribution in [1.29, 1.82) is 0 Å². The summed E-state index contributed by atoms with van der Waals surface area (Å²) in [5.74, 6) is -0.141. The molecule has 4 amide bonds. The first-order valence-corrected chi connectivity index (χ1v) is 11.1. The van der Waals surface area contributed by atoms with Crippen molar-refractivity contribution in [3.8, 4) is 17.0 Å². The Morgan fingerprint density at radius 2 is 2.06 bits per heavy atom. The number of fused-ring (bicyclic) bond motifs is 2. The van der Waals surface area contributed by atoms with Gasteiger partial charge >= 0.3 is 6.03 Å². The molecule has 1 aromatic carbocycles. The number of H-pyrrole nitrogens is 1. The molecule has 2 aliphatic heterocycles. The fraction of sp³-hybridized carbons (Fsp3) is 0.136. The highest BCUT2D eigenvalue weighted by atomic mass is 127. The van der Waals surface area contributed by atoms with Crippen LogP contribution in [0.4, 0.5) is 4.79 Å². The molecule has 11 nitrogen and oxygen atoms in total. The molecule has 0 unspecified atom stereocenters. The summed E-state index contributed by atoms with van der Waals surface area (Å²) in [6.07, 6.45) is 3.36. The van der Waals surface area contributed by atoms with E-state index in [4.69, 9.17) is 7.48 Å². The fourth-order valence-corrected chi connectivity index (χ4v) is 4.62. The number of nitrogens with one attached hydrogen (secondary N) is 3. The average Bonchev–Trinajstić information content (AvgIpc) is 3.61. The number of hydrogen-bond donors (Lipinski definition) is 3. The summed E-state index contributed by atoms with van der Waals surface area (Å²) in [6.45, 7) is 0.163. The third-order valence-electron chi connectivity index (χ3n) is 6.01. The minimum Gasteiger partial charge on any atom is -0.456 e. The van der Waals surface area contributed by atoms with Crippen LogP contribution in [-0.4, -0.2) is 44.5 Å². The molecule has 4 aromatic rings. The zero-order valence-corrected chi connectivity index (χ0v) is 19.5. The van der Waals surface area contributed by atoms with Gasteiger partial charge in [0.25, 0.3) is 11.8 Å². The van der Waals surface area contributed by atoms with Crippen molar-refractivity contribution in [2.45, 2.75) is 12.1 Å². The number of benzene rings is 1. The summed E-state index contributed by atoms with van der Waals surface area (Å²) in [6, 6.07) is 9.69. The SMILES string of the molecule is O=C1NC(=O)[C@](CN2Cc3ccc(OI)cc3C2=O)(c2cc3nc(-c4cn[nH]c4)ccc3o2)N1. The number of pyridine rings is 1. The van der Waals surface area contributed by atoms with Crippen molar-refractivity contribution < 1.29 is 21.9 Å². The summed E-state index contributed by atoms with van der Waals surface area (Å²) < 4.78 is 11.2. The number of nitrogens with zero attached hydrogens (tertiary/aromatic N) is 3. The molecule has 2 aliphatic rings. The molecule has 0 saturated carbocycles. The van der Waals surface area contributed by atoms with Gasteiger partial charge in [0, 0.05) is 29.9 Å². The predicted molar refractivity (Wildman–Crippen MR) is 126 cm³/mol. The van der Waals surface area contributed by atoms with Gasteiger partial charge in [-0.05, 0) is 29.8 Å². The Morgan fingerprint density at radius 3 is 2.79 bits per heavy atom. The maximum Gasteiger partial charge on any atom is 0.322 e. The van der Waals surface area contributed by atoms with Gasteiger partial charge in [0.1, 0.15) is 17.0 Å². The summed E-state index contributed by atoms with van der Waals surface area (Å²) in [5.41, 5.74) is 2.09. The van der Waals surface area contributed by atoms with E-state index in [0.717, 1.165) is 11.1 Å². The predicted octanol–water partition coefficient (Wildman–Crippen LogP) is 2.64. The van der Waals surface area contributed by atoms with Gasteiger partial charge in [-0.3, -0.25) is 20.0 Å². The van der Waals surface area contributed by atoms with Crippen LogP contribution in [0.5, 0.6) is 5.75 Å². The molecule has 12 heteroatoms. The van der Waals surface area contributed by atoms with Crippen molar-refractivity contribution in [3.63, 3.8) is 0 Å². The van der Waals surface area contributed by atoms with Crippen LogP contribution in [0.15, 0.2) is 53.2 Å². The van der Waals surface area contributed by atoms with Gasteiger partial charge in [0.2, 0.25) is 0 Å². The first kappa shape index (κ1) is 20.7. The monoisotopic (exact) mass is 570 g/mol. The maximum absolute atomic E-state index is 13.1. The lowest BCUT2D eigenvalue weighted by atomic mass is 9.95. The number of halogens is 1. The number of carbonyl (C=O) groups excluding carboxylic acids is 3.